The topological polar surface area (TPSA) is 52.0 Å². The zero-order valence-electron chi connectivity index (χ0n) is 9.63. The van der Waals surface area contributed by atoms with E-state index in [1.165, 1.54) is 4.88 Å². The van der Waals surface area contributed by atoms with Crippen molar-refractivity contribution in [3.05, 3.63) is 40.6 Å². The highest BCUT2D eigenvalue weighted by atomic mass is 32.2. The zero-order chi connectivity index (χ0) is 12.4. The minimum absolute atomic E-state index is 0.703. The number of anilines is 1. The minimum atomic E-state index is 0.703. The van der Waals surface area contributed by atoms with E-state index in [1.54, 1.807) is 23.1 Å². The highest BCUT2D eigenvalue weighted by molar-refractivity contribution is 7.99. The first kappa shape index (κ1) is 11.6. The Morgan fingerprint density at radius 3 is 3.11 bits per heavy atom. The summed E-state index contributed by atoms with van der Waals surface area (Å²) >= 11 is 3.42. The molecule has 92 valence electrons. The van der Waals surface area contributed by atoms with Gasteiger partial charge in [0.15, 0.2) is 5.58 Å². The fourth-order valence-corrected chi connectivity index (χ4v) is 3.32. The van der Waals surface area contributed by atoms with Gasteiger partial charge < -0.3 is 10.2 Å². The predicted octanol–water partition coefficient (Wildman–Crippen LogP) is 3.81. The first-order valence-corrected chi connectivity index (χ1v) is 7.49. The molecule has 0 amide bonds. The van der Waals surface area contributed by atoms with Gasteiger partial charge in [0.2, 0.25) is 0 Å². The van der Waals surface area contributed by atoms with E-state index in [-0.39, 0.29) is 0 Å². The summed E-state index contributed by atoms with van der Waals surface area (Å²) in [6, 6.07) is 9.76. The third kappa shape index (κ3) is 2.52. The second-order valence-corrected chi connectivity index (χ2v) is 5.96. The van der Waals surface area contributed by atoms with Crippen molar-refractivity contribution in [2.45, 2.75) is 11.6 Å². The highest BCUT2D eigenvalue weighted by Gasteiger charge is 2.06. The number of aryl methyl sites for hydroxylation is 1. The molecule has 0 spiro atoms. The molecule has 3 aromatic rings. The average Bonchev–Trinajstić information content (AvgIpc) is 2.97. The number of oxazole rings is 1. The Morgan fingerprint density at radius 2 is 2.28 bits per heavy atom. The maximum atomic E-state index is 5.70. The van der Waals surface area contributed by atoms with E-state index >= 15 is 0 Å². The SMILES string of the molecule is Nc1ccc2nc(SCCc3cccs3)oc2c1. The Hall–Kier alpha value is -1.46. The van der Waals surface area contributed by atoms with E-state index in [0.29, 0.717) is 10.9 Å². The van der Waals surface area contributed by atoms with Crippen molar-refractivity contribution in [2.24, 2.45) is 0 Å². The molecule has 0 saturated carbocycles. The van der Waals surface area contributed by atoms with Crippen LogP contribution in [0.25, 0.3) is 11.1 Å². The fraction of sp³-hybridized carbons (Fsp3) is 0.154. The largest absolute Gasteiger partial charge is 0.431 e. The lowest BCUT2D eigenvalue weighted by Gasteiger charge is -1.94. The van der Waals surface area contributed by atoms with Crippen molar-refractivity contribution in [3.8, 4) is 0 Å². The maximum absolute atomic E-state index is 5.70. The van der Waals surface area contributed by atoms with Crippen LogP contribution in [0.1, 0.15) is 4.88 Å². The zero-order valence-corrected chi connectivity index (χ0v) is 11.3. The Labute approximate surface area is 113 Å². The van der Waals surface area contributed by atoms with E-state index in [1.807, 2.05) is 18.2 Å². The summed E-state index contributed by atoms with van der Waals surface area (Å²) in [6.45, 7) is 0. The molecule has 0 aliphatic rings. The summed E-state index contributed by atoms with van der Waals surface area (Å²) in [6.07, 6.45) is 1.04. The van der Waals surface area contributed by atoms with Crippen LogP contribution in [0.5, 0.6) is 0 Å². The molecule has 0 aliphatic heterocycles. The number of rotatable bonds is 4. The third-order valence-corrected chi connectivity index (χ3v) is 4.31. The van der Waals surface area contributed by atoms with Crippen LogP contribution in [0.15, 0.2) is 45.4 Å². The number of aromatic nitrogens is 1. The van der Waals surface area contributed by atoms with E-state index in [2.05, 4.69) is 22.5 Å². The lowest BCUT2D eigenvalue weighted by molar-refractivity contribution is 0.489. The first-order valence-electron chi connectivity index (χ1n) is 5.62. The summed E-state index contributed by atoms with van der Waals surface area (Å²) in [7, 11) is 0. The molecule has 0 radical (unpaired) electrons. The maximum Gasteiger partial charge on any atom is 0.256 e. The number of thioether (sulfide) groups is 1. The molecule has 0 fully saturated rings. The Morgan fingerprint density at radius 1 is 1.33 bits per heavy atom. The van der Waals surface area contributed by atoms with Crippen LogP contribution in [-0.4, -0.2) is 10.7 Å². The highest BCUT2D eigenvalue weighted by Crippen LogP contribution is 2.25. The van der Waals surface area contributed by atoms with Crippen molar-refractivity contribution >= 4 is 39.9 Å². The van der Waals surface area contributed by atoms with Gasteiger partial charge in [-0.15, -0.1) is 11.3 Å². The van der Waals surface area contributed by atoms with Crippen molar-refractivity contribution in [2.75, 3.05) is 11.5 Å². The normalized spacial score (nSPS) is 11.1. The third-order valence-electron chi connectivity index (χ3n) is 2.55. The molecule has 1 aromatic carbocycles. The second-order valence-electron chi connectivity index (χ2n) is 3.88. The van der Waals surface area contributed by atoms with E-state index in [0.717, 1.165) is 23.3 Å². The first-order chi connectivity index (χ1) is 8.81. The van der Waals surface area contributed by atoms with Gasteiger partial charge in [-0.1, -0.05) is 17.8 Å². The minimum Gasteiger partial charge on any atom is -0.431 e. The number of nitrogen functional groups attached to an aromatic ring is 1. The molecule has 0 bridgehead atoms. The van der Waals surface area contributed by atoms with Gasteiger partial charge in [0.05, 0.1) is 0 Å². The van der Waals surface area contributed by atoms with Gasteiger partial charge in [-0.3, -0.25) is 0 Å². The molecule has 2 heterocycles. The number of hydrogen-bond donors (Lipinski definition) is 1. The van der Waals surface area contributed by atoms with Crippen LogP contribution in [0, 0.1) is 0 Å². The van der Waals surface area contributed by atoms with Crippen molar-refractivity contribution in [3.63, 3.8) is 0 Å². The van der Waals surface area contributed by atoms with Crippen LogP contribution < -0.4 is 5.73 Å². The van der Waals surface area contributed by atoms with Gasteiger partial charge in [0.1, 0.15) is 5.52 Å². The average molecular weight is 276 g/mol. The summed E-state index contributed by atoms with van der Waals surface area (Å²) in [5.41, 5.74) is 8.03. The van der Waals surface area contributed by atoms with Gasteiger partial charge in [-0.2, -0.15) is 0 Å². The van der Waals surface area contributed by atoms with E-state index < -0.39 is 0 Å². The quantitative estimate of drug-likeness (QED) is 0.581. The van der Waals surface area contributed by atoms with Crippen molar-refractivity contribution in [1.82, 2.24) is 4.98 Å². The molecule has 3 rings (SSSR count). The Bertz CT molecular complexity index is 646. The van der Waals surface area contributed by atoms with Gasteiger partial charge in [-0.25, -0.2) is 4.98 Å². The van der Waals surface area contributed by atoms with E-state index in [9.17, 15) is 0 Å². The molecular formula is C13H12N2OS2. The Kier molecular flexibility index (Phi) is 3.25. The number of benzene rings is 1. The molecule has 2 aromatic heterocycles. The van der Waals surface area contributed by atoms with Crippen LogP contribution in [0.4, 0.5) is 5.69 Å². The van der Waals surface area contributed by atoms with Crippen LogP contribution in [0.2, 0.25) is 0 Å². The van der Waals surface area contributed by atoms with E-state index in [4.69, 9.17) is 10.2 Å². The molecule has 0 saturated heterocycles. The second kappa shape index (κ2) is 5.04. The van der Waals surface area contributed by atoms with Crippen molar-refractivity contribution in [1.29, 1.82) is 0 Å². The summed E-state index contributed by atoms with van der Waals surface area (Å²) in [4.78, 5) is 5.81. The standard InChI is InChI=1S/C13H12N2OS2/c14-9-3-4-11-12(8-9)16-13(15-11)18-7-5-10-2-1-6-17-10/h1-4,6,8H,5,7,14H2. The van der Waals surface area contributed by atoms with Gasteiger partial charge in [-0.05, 0) is 30.0 Å². The number of nitrogens with zero attached hydrogens (tertiary/aromatic N) is 1. The van der Waals surface area contributed by atoms with Crippen LogP contribution >= 0.6 is 23.1 Å². The Balaban J connectivity index is 1.67. The van der Waals surface area contributed by atoms with Gasteiger partial charge in [0.25, 0.3) is 5.22 Å². The van der Waals surface area contributed by atoms with Gasteiger partial charge >= 0.3 is 0 Å². The monoisotopic (exact) mass is 276 g/mol. The molecule has 3 nitrogen and oxygen atoms in total. The molecule has 5 heteroatoms. The van der Waals surface area contributed by atoms with Crippen molar-refractivity contribution < 1.29 is 4.42 Å². The molecule has 2 N–H and O–H groups in total. The molecule has 0 unspecified atom stereocenters. The summed E-state index contributed by atoms with van der Waals surface area (Å²) in [5.74, 6) is 0.975. The number of thiophene rings is 1. The van der Waals surface area contributed by atoms with Crippen LogP contribution in [0.3, 0.4) is 0 Å². The summed E-state index contributed by atoms with van der Waals surface area (Å²) in [5, 5.41) is 2.81. The summed E-state index contributed by atoms with van der Waals surface area (Å²) < 4.78 is 5.64. The lowest BCUT2D eigenvalue weighted by atomic mass is 10.3. The molecule has 0 aliphatic carbocycles. The number of nitrogens with two attached hydrogens (primary N) is 1. The fourth-order valence-electron chi connectivity index (χ4n) is 1.68. The molecule has 18 heavy (non-hydrogen) atoms. The van der Waals surface area contributed by atoms with Crippen LogP contribution in [-0.2, 0) is 6.42 Å². The molecular weight excluding hydrogens is 264 g/mol. The molecule has 0 atom stereocenters. The number of hydrogen-bond acceptors (Lipinski definition) is 5. The smallest absolute Gasteiger partial charge is 0.256 e. The van der Waals surface area contributed by atoms with Gasteiger partial charge in [0, 0.05) is 22.4 Å². The predicted molar refractivity (Wildman–Crippen MR) is 77.2 cm³/mol. The number of fused-ring (bicyclic) bond motifs is 1. The lowest BCUT2D eigenvalue weighted by Crippen LogP contribution is -1.83.